The smallest absolute Gasteiger partial charge is 0.408 e. The first-order chi connectivity index (χ1) is 9.56. The molecule has 20 heavy (non-hydrogen) atoms. The second kappa shape index (κ2) is 4.61. The lowest BCUT2D eigenvalue weighted by atomic mass is 10.0. The second-order valence-electron chi connectivity index (χ2n) is 4.16. The van der Waals surface area contributed by atoms with E-state index in [1.165, 1.54) is 30.3 Å². The van der Waals surface area contributed by atoms with E-state index in [-0.39, 0.29) is 21.7 Å². The van der Waals surface area contributed by atoms with Crippen LogP contribution in [-0.2, 0) is 0 Å². The van der Waals surface area contributed by atoms with Crippen molar-refractivity contribution < 1.29 is 13.6 Å². The number of nitrogens with one attached hydrogen (secondary N) is 1. The molecule has 4 nitrogen and oxygen atoms in total. The minimum absolute atomic E-state index is 0.0592. The SMILES string of the molecule is O=C(c1ccc2[nH]c(=O)oc2c1)c1cccc(F)c1Cl. The van der Waals surface area contributed by atoms with Crippen molar-refractivity contribution >= 4 is 28.5 Å². The number of carbonyl (C=O) groups is 1. The predicted octanol–water partition coefficient (Wildman–Crippen LogP) is 3.14. The van der Waals surface area contributed by atoms with Crippen molar-refractivity contribution in [3.05, 3.63) is 68.9 Å². The standard InChI is InChI=1S/C14H7ClFNO3/c15-12-8(2-1-3-9(12)16)13(18)7-4-5-10-11(6-7)20-14(19)17-10/h1-6H,(H,17,19). The highest BCUT2D eigenvalue weighted by molar-refractivity contribution is 6.35. The predicted molar refractivity (Wildman–Crippen MR) is 71.7 cm³/mol. The Labute approximate surface area is 116 Å². The van der Waals surface area contributed by atoms with Crippen LogP contribution in [0.2, 0.25) is 5.02 Å². The van der Waals surface area contributed by atoms with Gasteiger partial charge in [-0.2, -0.15) is 0 Å². The summed E-state index contributed by atoms with van der Waals surface area (Å²) in [5.74, 6) is -1.71. The van der Waals surface area contributed by atoms with Crippen molar-refractivity contribution in [1.29, 1.82) is 0 Å². The second-order valence-corrected chi connectivity index (χ2v) is 4.53. The number of aromatic amines is 1. The topological polar surface area (TPSA) is 63.1 Å². The highest BCUT2D eigenvalue weighted by Gasteiger charge is 2.16. The molecule has 2 aromatic carbocycles. The lowest BCUT2D eigenvalue weighted by Crippen LogP contribution is -2.03. The Hall–Kier alpha value is -2.40. The Bertz CT molecular complexity index is 882. The highest BCUT2D eigenvalue weighted by Crippen LogP contribution is 2.23. The van der Waals surface area contributed by atoms with Crippen LogP contribution in [0, 0.1) is 5.82 Å². The van der Waals surface area contributed by atoms with Crippen LogP contribution in [-0.4, -0.2) is 10.8 Å². The molecule has 100 valence electrons. The molecule has 0 aliphatic heterocycles. The number of carbonyl (C=O) groups excluding carboxylic acids is 1. The van der Waals surface area contributed by atoms with E-state index in [9.17, 15) is 14.0 Å². The van der Waals surface area contributed by atoms with E-state index in [0.717, 1.165) is 0 Å². The molecule has 6 heteroatoms. The number of ketones is 1. The fourth-order valence-corrected chi connectivity index (χ4v) is 2.13. The van der Waals surface area contributed by atoms with Gasteiger partial charge in [0, 0.05) is 11.1 Å². The molecule has 0 bridgehead atoms. The van der Waals surface area contributed by atoms with E-state index >= 15 is 0 Å². The molecule has 0 fully saturated rings. The van der Waals surface area contributed by atoms with E-state index in [2.05, 4.69) is 4.98 Å². The van der Waals surface area contributed by atoms with Gasteiger partial charge in [-0.05, 0) is 30.3 Å². The van der Waals surface area contributed by atoms with Crippen molar-refractivity contribution in [2.75, 3.05) is 0 Å². The van der Waals surface area contributed by atoms with Crippen molar-refractivity contribution in [1.82, 2.24) is 4.98 Å². The fraction of sp³-hybridized carbons (Fsp3) is 0. The molecule has 1 aromatic heterocycles. The summed E-state index contributed by atoms with van der Waals surface area (Å²) in [6.07, 6.45) is 0. The first kappa shape index (κ1) is 12.6. The maximum atomic E-state index is 13.4. The van der Waals surface area contributed by atoms with Gasteiger partial charge in [-0.1, -0.05) is 17.7 Å². The normalized spacial score (nSPS) is 10.9. The van der Waals surface area contributed by atoms with E-state index < -0.39 is 17.4 Å². The summed E-state index contributed by atoms with van der Waals surface area (Å²) in [4.78, 5) is 25.8. The lowest BCUT2D eigenvalue weighted by molar-refractivity contribution is 0.103. The lowest BCUT2D eigenvalue weighted by Gasteiger charge is -2.04. The van der Waals surface area contributed by atoms with Crippen LogP contribution in [0.3, 0.4) is 0 Å². The molecule has 3 aromatic rings. The van der Waals surface area contributed by atoms with Crippen molar-refractivity contribution in [3.63, 3.8) is 0 Å². The maximum Gasteiger partial charge on any atom is 0.417 e. The molecule has 1 heterocycles. The van der Waals surface area contributed by atoms with Gasteiger partial charge in [0.1, 0.15) is 5.82 Å². The summed E-state index contributed by atoms with van der Waals surface area (Å²) < 4.78 is 18.2. The van der Waals surface area contributed by atoms with Crippen molar-refractivity contribution in [2.45, 2.75) is 0 Å². The van der Waals surface area contributed by atoms with Crippen LogP contribution in [0.25, 0.3) is 11.1 Å². The van der Waals surface area contributed by atoms with Gasteiger partial charge in [0.25, 0.3) is 0 Å². The summed E-state index contributed by atoms with van der Waals surface area (Å²) in [5, 5.41) is -0.229. The monoisotopic (exact) mass is 291 g/mol. The number of rotatable bonds is 2. The van der Waals surface area contributed by atoms with Gasteiger partial charge in [0.2, 0.25) is 0 Å². The fourth-order valence-electron chi connectivity index (χ4n) is 1.92. The Morgan fingerprint density at radius 3 is 2.85 bits per heavy atom. The molecule has 0 spiro atoms. The van der Waals surface area contributed by atoms with E-state index in [1.807, 2.05) is 0 Å². The third-order valence-corrected chi connectivity index (χ3v) is 3.26. The van der Waals surface area contributed by atoms with Gasteiger partial charge >= 0.3 is 5.76 Å². The van der Waals surface area contributed by atoms with Crippen LogP contribution in [0.1, 0.15) is 15.9 Å². The summed E-state index contributed by atoms with van der Waals surface area (Å²) >= 11 is 5.78. The number of hydrogen-bond acceptors (Lipinski definition) is 3. The Morgan fingerprint density at radius 2 is 2.05 bits per heavy atom. The molecule has 0 radical (unpaired) electrons. The first-order valence-electron chi connectivity index (χ1n) is 5.68. The minimum atomic E-state index is -0.660. The quantitative estimate of drug-likeness (QED) is 0.738. The average molecular weight is 292 g/mol. The van der Waals surface area contributed by atoms with Crippen molar-refractivity contribution in [2.24, 2.45) is 0 Å². The summed E-state index contributed by atoms with van der Waals surface area (Å²) in [6.45, 7) is 0. The summed E-state index contributed by atoms with van der Waals surface area (Å²) in [5.41, 5.74) is 1.06. The zero-order valence-corrected chi connectivity index (χ0v) is 10.7. The number of halogens is 2. The largest absolute Gasteiger partial charge is 0.417 e. The molecule has 1 N–H and O–H groups in total. The Kier molecular flexibility index (Phi) is 2.91. The van der Waals surface area contributed by atoms with Gasteiger partial charge in [-0.15, -0.1) is 0 Å². The number of hydrogen-bond donors (Lipinski definition) is 1. The molecule has 0 aliphatic carbocycles. The third-order valence-electron chi connectivity index (χ3n) is 2.88. The molecule has 3 rings (SSSR count). The zero-order valence-electron chi connectivity index (χ0n) is 9.94. The number of fused-ring (bicyclic) bond motifs is 1. The Morgan fingerprint density at radius 1 is 1.25 bits per heavy atom. The minimum Gasteiger partial charge on any atom is -0.408 e. The Balaban J connectivity index is 2.12. The van der Waals surface area contributed by atoms with Crippen LogP contribution in [0.5, 0.6) is 0 Å². The number of aromatic nitrogens is 1. The van der Waals surface area contributed by atoms with Gasteiger partial charge in [0.05, 0.1) is 10.5 Å². The molecule has 0 unspecified atom stereocenters. The molecule has 0 amide bonds. The van der Waals surface area contributed by atoms with Gasteiger partial charge in [-0.3, -0.25) is 9.78 Å². The summed E-state index contributed by atoms with van der Waals surface area (Å²) in [7, 11) is 0. The maximum absolute atomic E-state index is 13.4. The zero-order chi connectivity index (χ0) is 14.3. The average Bonchev–Trinajstić information content (AvgIpc) is 2.80. The van der Waals surface area contributed by atoms with Crippen LogP contribution < -0.4 is 5.76 Å². The van der Waals surface area contributed by atoms with E-state index in [1.54, 1.807) is 6.07 Å². The molecule has 0 aliphatic rings. The summed E-state index contributed by atoms with van der Waals surface area (Å²) in [6, 6.07) is 8.48. The van der Waals surface area contributed by atoms with Gasteiger partial charge in [-0.25, -0.2) is 9.18 Å². The molecule has 0 saturated carbocycles. The van der Waals surface area contributed by atoms with Crippen LogP contribution >= 0.6 is 11.6 Å². The van der Waals surface area contributed by atoms with Crippen molar-refractivity contribution in [3.8, 4) is 0 Å². The number of H-pyrrole nitrogens is 1. The molecule has 0 saturated heterocycles. The highest BCUT2D eigenvalue weighted by atomic mass is 35.5. The van der Waals surface area contributed by atoms with Crippen LogP contribution in [0.15, 0.2) is 45.6 Å². The molecular formula is C14H7ClFNO3. The van der Waals surface area contributed by atoms with Gasteiger partial charge in [0.15, 0.2) is 11.4 Å². The third kappa shape index (κ3) is 2.02. The van der Waals surface area contributed by atoms with Crippen LogP contribution in [0.4, 0.5) is 4.39 Å². The molecule has 0 atom stereocenters. The van der Waals surface area contributed by atoms with Gasteiger partial charge < -0.3 is 4.42 Å². The van der Waals surface area contributed by atoms with E-state index in [0.29, 0.717) is 5.52 Å². The number of oxazole rings is 1. The molecular weight excluding hydrogens is 285 g/mol. The van der Waals surface area contributed by atoms with E-state index in [4.69, 9.17) is 16.0 Å². The number of benzene rings is 2. The first-order valence-corrected chi connectivity index (χ1v) is 6.05.